The molecule has 0 atom stereocenters. The Hall–Kier alpha value is -3.33. The van der Waals surface area contributed by atoms with Crippen molar-refractivity contribution >= 4 is 39.1 Å². The second kappa shape index (κ2) is 10.8. The van der Waals surface area contributed by atoms with Crippen LogP contribution in [-0.2, 0) is 20.7 Å². The fraction of sp³-hybridized carbons (Fsp3) is 0.261. The van der Waals surface area contributed by atoms with Crippen LogP contribution >= 0.6 is 15.9 Å². The highest BCUT2D eigenvalue weighted by molar-refractivity contribution is 9.10. The van der Waals surface area contributed by atoms with E-state index in [1.165, 1.54) is 24.5 Å². The maximum absolute atomic E-state index is 12.8. The number of methoxy groups -OCH3 is 3. The van der Waals surface area contributed by atoms with Gasteiger partial charge in [-0.3, -0.25) is 9.59 Å². The molecule has 2 aromatic carbocycles. The zero-order valence-electron chi connectivity index (χ0n) is 18.1. The minimum absolute atomic E-state index is 0.110. The van der Waals surface area contributed by atoms with Gasteiger partial charge in [0.2, 0.25) is 5.91 Å². The third-order valence-corrected chi connectivity index (χ3v) is 5.56. The van der Waals surface area contributed by atoms with Crippen molar-refractivity contribution in [3.05, 3.63) is 64.3 Å². The summed E-state index contributed by atoms with van der Waals surface area (Å²) in [6, 6.07) is 10.9. The summed E-state index contributed by atoms with van der Waals surface area (Å²) >= 11 is 3.49. The molecule has 9 heteroatoms. The minimum atomic E-state index is -0.282. The molecule has 0 saturated heterocycles. The first-order valence-corrected chi connectivity index (χ1v) is 10.6. The molecule has 3 rings (SSSR count). The third-order valence-electron chi connectivity index (χ3n) is 4.83. The summed E-state index contributed by atoms with van der Waals surface area (Å²) in [7, 11) is 4.59. The monoisotopic (exact) mass is 501 g/mol. The smallest absolute Gasteiger partial charge is 0.251 e. The number of hydrazone groups is 1. The summed E-state index contributed by atoms with van der Waals surface area (Å²) in [6.07, 6.45) is 3.44. The van der Waals surface area contributed by atoms with Crippen molar-refractivity contribution in [3.63, 3.8) is 0 Å². The average Bonchev–Trinajstić information content (AvgIpc) is 3.29. The second-order valence-electron chi connectivity index (χ2n) is 6.89. The highest BCUT2D eigenvalue weighted by atomic mass is 79.9. The Balaban J connectivity index is 1.66. The van der Waals surface area contributed by atoms with Gasteiger partial charge in [-0.25, -0.2) is 5.01 Å². The molecule has 2 aromatic rings. The van der Waals surface area contributed by atoms with Crippen LogP contribution in [0.25, 0.3) is 0 Å². The van der Waals surface area contributed by atoms with Crippen LogP contribution < -0.4 is 14.8 Å². The van der Waals surface area contributed by atoms with Gasteiger partial charge in [-0.15, -0.1) is 0 Å². The second-order valence-corrected chi connectivity index (χ2v) is 7.75. The van der Waals surface area contributed by atoms with E-state index in [1.807, 2.05) is 12.1 Å². The van der Waals surface area contributed by atoms with Gasteiger partial charge in [0.05, 0.1) is 46.3 Å². The van der Waals surface area contributed by atoms with Crippen molar-refractivity contribution in [3.8, 4) is 11.5 Å². The van der Waals surface area contributed by atoms with Crippen molar-refractivity contribution in [1.29, 1.82) is 0 Å². The van der Waals surface area contributed by atoms with Crippen LogP contribution in [0.3, 0.4) is 0 Å². The highest BCUT2D eigenvalue weighted by Crippen LogP contribution is 2.33. The molecule has 0 unspecified atom stereocenters. The van der Waals surface area contributed by atoms with Gasteiger partial charge < -0.3 is 19.5 Å². The maximum Gasteiger partial charge on any atom is 0.251 e. The lowest BCUT2D eigenvalue weighted by Crippen LogP contribution is -2.25. The molecule has 0 fully saturated rings. The molecular weight excluding hydrogens is 478 g/mol. The molecule has 0 aliphatic carbocycles. The lowest BCUT2D eigenvalue weighted by Gasteiger charge is -2.14. The number of carbonyl (C=O) groups is 2. The zero-order valence-corrected chi connectivity index (χ0v) is 19.6. The predicted octanol–water partition coefficient (Wildman–Crippen LogP) is 3.74. The molecule has 2 amide bonds. The van der Waals surface area contributed by atoms with Gasteiger partial charge in [0.15, 0.2) is 11.5 Å². The number of benzene rings is 2. The SMILES string of the molecule is CO/C=C/C(=O)Nc1ccc(C2=NN(C(=O)Cc3cc(OC)c(OC)cc3Br)CC2)cc1. The van der Waals surface area contributed by atoms with Crippen molar-refractivity contribution in [1.82, 2.24) is 5.01 Å². The maximum atomic E-state index is 12.8. The highest BCUT2D eigenvalue weighted by Gasteiger charge is 2.23. The number of hydrogen-bond acceptors (Lipinski definition) is 6. The zero-order chi connectivity index (χ0) is 23.1. The number of anilines is 1. The van der Waals surface area contributed by atoms with Gasteiger partial charge in [0, 0.05) is 22.7 Å². The normalized spacial score (nSPS) is 13.1. The summed E-state index contributed by atoms with van der Waals surface area (Å²) in [5, 5.41) is 8.73. The number of ether oxygens (including phenoxy) is 3. The van der Waals surface area contributed by atoms with Crippen LogP contribution in [0, 0.1) is 0 Å². The Morgan fingerprint density at radius 3 is 2.47 bits per heavy atom. The van der Waals surface area contributed by atoms with E-state index in [-0.39, 0.29) is 18.2 Å². The van der Waals surface area contributed by atoms with E-state index in [9.17, 15) is 9.59 Å². The Morgan fingerprint density at radius 1 is 1.12 bits per heavy atom. The van der Waals surface area contributed by atoms with Gasteiger partial charge in [-0.2, -0.15) is 5.10 Å². The first-order chi connectivity index (χ1) is 15.4. The molecule has 1 N–H and O–H groups in total. The molecule has 168 valence electrons. The number of nitrogens with zero attached hydrogens (tertiary/aromatic N) is 2. The van der Waals surface area contributed by atoms with E-state index in [1.54, 1.807) is 38.5 Å². The van der Waals surface area contributed by atoms with Gasteiger partial charge in [-0.05, 0) is 35.4 Å². The van der Waals surface area contributed by atoms with Crippen molar-refractivity contribution in [2.24, 2.45) is 5.10 Å². The van der Waals surface area contributed by atoms with Crippen LogP contribution in [0.4, 0.5) is 5.69 Å². The first kappa shape index (κ1) is 23.3. The quantitative estimate of drug-likeness (QED) is 0.439. The van der Waals surface area contributed by atoms with E-state index in [0.717, 1.165) is 21.3 Å². The van der Waals surface area contributed by atoms with Crippen LogP contribution in [-0.4, -0.2) is 50.4 Å². The fourth-order valence-corrected chi connectivity index (χ4v) is 3.65. The lowest BCUT2D eigenvalue weighted by atomic mass is 10.1. The molecule has 32 heavy (non-hydrogen) atoms. The molecule has 0 aromatic heterocycles. The summed E-state index contributed by atoms with van der Waals surface area (Å²) in [5.41, 5.74) is 3.17. The number of amides is 2. The Labute approximate surface area is 195 Å². The van der Waals surface area contributed by atoms with E-state index in [0.29, 0.717) is 30.2 Å². The van der Waals surface area contributed by atoms with Gasteiger partial charge in [0.1, 0.15) is 0 Å². The fourth-order valence-electron chi connectivity index (χ4n) is 3.19. The largest absolute Gasteiger partial charge is 0.504 e. The minimum Gasteiger partial charge on any atom is -0.504 e. The predicted molar refractivity (Wildman–Crippen MR) is 125 cm³/mol. The summed E-state index contributed by atoms with van der Waals surface area (Å²) in [4.78, 5) is 24.5. The van der Waals surface area contributed by atoms with Crippen molar-refractivity contribution < 1.29 is 23.8 Å². The molecule has 0 saturated carbocycles. The number of carbonyl (C=O) groups excluding carboxylic acids is 2. The number of halogens is 1. The molecule has 0 spiro atoms. The summed E-state index contributed by atoms with van der Waals surface area (Å²) in [5.74, 6) is 0.762. The van der Waals surface area contributed by atoms with Crippen LogP contribution in [0.1, 0.15) is 17.5 Å². The molecule has 1 aliphatic heterocycles. The first-order valence-electron chi connectivity index (χ1n) is 9.84. The standard InChI is InChI=1S/C23H24BrN3O5/c1-30-11-9-22(28)25-17-6-4-15(5-7-17)19-8-10-27(26-19)23(29)13-16-12-20(31-2)21(32-3)14-18(16)24/h4-7,9,11-12,14H,8,10,13H2,1-3H3,(H,25,28)/b11-9+. The lowest BCUT2D eigenvalue weighted by molar-refractivity contribution is -0.130. The number of hydrogen-bond donors (Lipinski definition) is 1. The number of rotatable bonds is 8. The molecular formula is C23H24BrN3O5. The van der Waals surface area contributed by atoms with Crippen LogP contribution in [0.5, 0.6) is 11.5 Å². The number of nitrogens with one attached hydrogen (secondary N) is 1. The molecule has 8 nitrogen and oxygen atoms in total. The van der Waals surface area contributed by atoms with E-state index in [2.05, 4.69) is 26.3 Å². The van der Waals surface area contributed by atoms with Crippen molar-refractivity contribution in [2.45, 2.75) is 12.8 Å². The topological polar surface area (TPSA) is 89.5 Å². The average molecular weight is 502 g/mol. The molecule has 1 heterocycles. The van der Waals surface area contributed by atoms with Gasteiger partial charge in [0.25, 0.3) is 5.91 Å². The molecule has 0 bridgehead atoms. The summed E-state index contributed by atoms with van der Waals surface area (Å²) < 4.78 is 16.1. The Morgan fingerprint density at radius 2 is 1.81 bits per heavy atom. The molecule has 0 radical (unpaired) electrons. The van der Waals surface area contributed by atoms with Crippen molar-refractivity contribution in [2.75, 3.05) is 33.2 Å². The van der Waals surface area contributed by atoms with E-state index in [4.69, 9.17) is 14.2 Å². The van der Waals surface area contributed by atoms with Crippen LogP contribution in [0.2, 0.25) is 0 Å². The molecule has 1 aliphatic rings. The summed E-state index contributed by atoms with van der Waals surface area (Å²) in [6.45, 7) is 0.513. The Kier molecular flexibility index (Phi) is 7.88. The van der Waals surface area contributed by atoms with Gasteiger partial charge in [-0.1, -0.05) is 28.1 Å². The van der Waals surface area contributed by atoms with Gasteiger partial charge >= 0.3 is 0 Å². The van der Waals surface area contributed by atoms with E-state index >= 15 is 0 Å². The van der Waals surface area contributed by atoms with Crippen LogP contribution in [0.15, 0.2) is 58.3 Å². The van der Waals surface area contributed by atoms with E-state index < -0.39 is 0 Å². The Bertz CT molecular complexity index is 1050. The third kappa shape index (κ3) is 5.67.